The van der Waals surface area contributed by atoms with Crippen molar-refractivity contribution < 1.29 is 18.8 Å². The number of para-hydroxylation sites is 2. The van der Waals surface area contributed by atoms with Gasteiger partial charge < -0.3 is 10.3 Å². The van der Waals surface area contributed by atoms with Crippen molar-refractivity contribution in [1.82, 2.24) is 15.2 Å². The molecule has 2 N–H and O–H groups in total. The number of halogens is 2. The molecule has 1 aromatic heterocycles. The Hall–Kier alpha value is -4.95. The number of H-pyrrole nitrogens is 1. The summed E-state index contributed by atoms with van der Waals surface area (Å²) in [6.07, 6.45) is 0.309. The number of carbonyl (C=O) groups excluding carboxylic acids is 3. The van der Waals surface area contributed by atoms with Crippen LogP contribution in [0.25, 0.3) is 10.9 Å². The number of carbonyl (C=O) groups is 3. The summed E-state index contributed by atoms with van der Waals surface area (Å²) >= 11 is 5.97. The fourth-order valence-electron chi connectivity index (χ4n) is 6.03. The first kappa shape index (κ1) is 26.0. The molecule has 208 valence electrons. The van der Waals surface area contributed by atoms with Crippen molar-refractivity contribution in [2.24, 2.45) is 0 Å². The second-order valence-electron chi connectivity index (χ2n) is 10.4. The number of rotatable bonds is 5. The van der Waals surface area contributed by atoms with E-state index in [0.29, 0.717) is 17.0 Å². The van der Waals surface area contributed by atoms with Crippen molar-refractivity contribution in [1.29, 1.82) is 0 Å². The van der Waals surface area contributed by atoms with Crippen molar-refractivity contribution in [3.05, 3.63) is 136 Å². The summed E-state index contributed by atoms with van der Waals surface area (Å²) in [4.78, 5) is 47.8. The van der Waals surface area contributed by atoms with Crippen LogP contribution in [0.1, 0.15) is 38.8 Å². The van der Waals surface area contributed by atoms with E-state index in [4.69, 9.17) is 11.6 Å². The highest BCUT2D eigenvalue weighted by molar-refractivity contribution is 6.30. The van der Waals surface area contributed by atoms with Gasteiger partial charge in [0, 0.05) is 34.6 Å². The fourth-order valence-corrected chi connectivity index (χ4v) is 6.15. The molecule has 0 radical (unpaired) electrons. The molecule has 0 unspecified atom stereocenters. The van der Waals surface area contributed by atoms with E-state index in [2.05, 4.69) is 10.3 Å². The minimum Gasteiger partial charge on any atom is -0.356 e. The van der Waals surface area contributed by atoms with E-state index in [0.717, 1.165) is 32.6 Å². The molecule has 7 rings (SSSR count). The van der Waals surface area contributed by atoms with E-state index in [1.165, 1.54) is 12.1 Å². The third-order valence-corrected chi connectivity index (χ3v) is 8.24. The number of aromatic amines is 1. The molecule has 1 fully saturated rings. The maximum atomic E-state index is 14.2. The number of hydrogen-bond donors (Lipinski definition) is 2. The smallest absolute Gasteiger partial charge is 0.332 e. The van der Waals surface area contributed by atoms with Crippen molar-refractivity contribution in [3.8, 4) is 0 Å². The van der Waals surface area contributed by atoms with Crippen LogP contribution in [0, 0.1) is 5.82 Å². The largest absolute Gasteiger partial charge is 0.356 e. The van der Waals surface area contributed by atoms with Crippen LogP contribution in [0.15, 0.2) is 97.1 Å². The minimum atomic E-state index is -0.801. The Bertz CT molecular complexity index is 1870. The Kier molecular flexibility index (Phi) is 6.28. The van der Waals surface area contributed by atoms with Gasteiger partial charge in [-0.05, 0) is 59.2 Å². The van der Waals surface area contributed by atoms with Crippen molar-refractivity contribution in [3.63, 3.8) is 0 Å². The first-order chi connectivity index (χ1) is 20.4. The molecular formula is C33H24ClFN4O3. The topological polar surface area (TPSA) is 85.5 Å². The zero-order valence-corrected chi connectivity index (χ0v) is 22.9. The van der Waals surface area contributed by atoms with Gasteiger partial charge in [-0.15, -0.1) is 0 Å². The highest BCUT2D eigenvalue weighted by Crippen LogP contribution is 2.45. The van der Waals surface area contributed by atoms with Gasteiger partial charge in [0.1, 0.15) is 17.9 Å². The number of amides is 4. The number of nitrogens with one attached hydrogen (secondary N) is 2. The van der Waals surface area contributed by atoms with E-state index >= 15 is 0 Å². The molecule has 7 nitrogen and oxygen atoms in total. The molecule has 3 heterocycles. The van der Waals surface area contributed by atoms with Crippen LogP contribution < -0.4 is 10.2 Å². The molecule has 2 atom stereocenters. The first-order valence-electron chi connectivity index (χ1n) is 13.5. The van der Waals surface area contributed by atoms with Crippen LogP contribution in [0.5, 0.6) is 0 Å². The van der Waals surface area contributed by atoms with E-state index < -0.39 is 35.7 Å². The molecule has 4 aromatic carbocycles. The van der Waals surface area contributed by atoms with Gasteiger partial charge in [0.2, 0.25) is 0 Å². The van der Waals surface area contributed by atoms with Crippen LogP contribution in [-0.2, 0) is 17.8 Å². The normalized spacial score (nSPS) is 17.9. The highest BCUT2D eigenvalue weighted by atomic mass is 35.5. The number of aromatic nitrogens is 1. The lowest BCUT2D eigenvalue weighted by Gasteiger charge is -2.36. The molecule has 4 amide bonds. The average Bonchev–Trinajstić information content (AvgIpc) is 3.50. The van der Waals surface area contributed by atoms with Gasteiger partial charge in [-0.3, -0.25) is 14.5 Å². The summed E-state index contributed by atoms with van der Waals surface area (Å²) in [6, 6.07) is 25.5. The van der Waals surface area contributed by atoms with E-state index in [-0.39, 0.29) is 17.8 Å². The lowest BCUT2D eigenvalue weighted by molar-refractivity contribution is -0.120. The minimum absolute atomic E-state index is 0.204. The van der Waals surface area contributed by atoms with Gasteiger partial charge in [0.05, 0.1) is 11.3 Å². The SMILES string of the molecule is O=C(NCc1ccc(Cl)cc1)c1ccccc1N1C(=O)[C@@H]2Cc3c([nH]c4ccccc34)[C@@H](c3ccc(F)cc3)N2C1=O. The highest BCUT2D eigenvalue weighted by Gasteiger charge is 2.53. The van der Waals surface area contributed by atoms with Crippen LogP contribution in [0.2, 0.25) is 5.02 Å². The van der Waals surface area contributed by atoms with Gasteiger partial charge in [-0.2, -0.15) is 0 Å². The standard InChI is InChI=1S/C33H24ClFN4O3/c34-21-13-9-19(10-14-21)18-36-31(40)24-6-2-4-8-27(24)39-32(41)28-17-25-23-5-1-3-7-26(23)37-29(25)30(38(28)33(39)42)20-11-15-22(35)16-12-20/h1-16,28,30,37H,17-18H2,(H,36,40)/t28-,30+/m0/s1. The van der Waals surface area contributed by atoms with Gasteiger partial charge in [-0.1, -0.05) is 66.2 Å². The zero-order chi connectivity index (χ0) is 29.0. The summed E-state index contributed by atoms with van der Waals surface area (Å²) in [5, 5.41) is 4.44. The van der Waals surface area contributed by atoms with E-state index in [1.54, 1.807) is 53.4 Å². The Labute approximate surface area is 245 Å². The molecule has 0 spiro atoms. The number of benzene rings is 4. The van der Waals surface area contributed by atoms with Gasteiger partial charge >= 0.3 is 6.03 Å². The van der Waals surface area contributed by atoms with Crippen LogP contribution in [-0.4, -0.2) is 33.8 Å². The second kappa shape index (κ2) is 10.2. The van der Waals surface area contributed by atoms with Gasteiger partial charge in [0.15, 0.2) is 0 Å². The maximum Gasteiger partial charge on any atom is 0.332 e. The molecule has 0 bridgehead atoms. The van der Waals surface area contributed by atoms with E-state index in [9.17, 15) is 18.8 Å². The average molecular weight is 579 g/mol. The maximum absolute atomic E-state index is 14.2. The van der Waals surface area contributed by atoms with Crippen molar-refractivity contribution in [2.45, 2.75) is 25.0 Å². The molecule has 0 aliphatic carbocycles. The monoisotopic (exact) mass is 578 g/mol. The summed E-state index contributed by atoms with van der Waals surface area (Å²) in [6.45, 7) is 0.245. The quantitative estimate of drug-likeness (QED) is 0.238. The number of urea groups is 1. The Morgan fingerprint density at radius 2 is 1.64 bits per heavy atom. The second-order valence-corrected chi connectivity index (χ2v) is 10.9. The fraction of sp³-hybridized carbons (Fsp3) is 0.121. The number of imide groups is 1. The number of nitrogens with zero attached hydrogens (tertiary/aromatic N) is 2. The Morgan fingerprint density at radius 1 is 0.929 bits per heavy atom. The molecular weight excluding hydrogens is 555 g/mol. The summed E-state index contributed by atoms with van der Waals surface area (Å²) < 4.78 is 13.9. The zero-order valence-electron chi connectivity index (χ0n) is 22.2. The van der Waals surface area contributed by atoms with Crippen LogP contribution in [0.4, 0.5) is 14.9 Å². The summed E-state index contributed by atoms with van der Waals surface area (Å²) in [5.74, 6) is -1.23. The van der Waals surface area contributed by atoms with Gasteiger partial charge in [-0.25, -0.2) is 14.1 Å². The first-order valence-corrected chi connectivity index (χ1v) is 13.9. The molecule has 5 aromatic rings. The summed E-state index contributed by atoms with van der Waals surface area (Å²) in [7, 11) is 0. The lowest BCUT2D eigenvalue weighted by atomic mass is 9.89. The predicted octanol–water partition coefficient (Wildman–Crippen LogP) is 6.37. The Morgan fingerprint density at radius 3 is 2.43 bits per heavy atom. The summed E-state index contributed by atoms with van der Waals surface area (Å²) in [5.41, 5.74) is 4.57. The third-order valence-electron chi connectivity index (χ3n) is 7.99. The molecule has 2 aliphatic rings. The molecule has 42 heavy (non-hydrogen) atoms. The number of fused-ring (bicyclic) bond motifs is 4. The van der Waals surface area contributed by atoms with E-state index in [1.807, 2.05) is 36.4 Å². The molecule has 1 saturated heterocycles. The van der Waals surface area contributed by atoms with Crippen molar-refractivity contribution >= 4 is 46.0 Å². The number of hydrogen-bond acceptors (Lipinski definition) is 3. The third kappa shape index (κ3) is 4.23. The lowest BCUT2D eigenvalue weighted by Crippen LogP contribution is -2.44. The Balaban J connectivity index is 1.27. The van der Waals surface area contributed by atoms with Crippen LogP contribution in [0.3, 0.4) is 0 Å². The number of anilines is 1. The van der Waals surface area contributed by atoms with Gasteiger partial charge in [0.25, 0.3) is 11.8 Å². The molecule has 2 aliphatic heterocycles. The molecule has 9 heteroatoms. The molecule has 0 saturated carbocycles. The van der Waals surface area contributed by atoms with Crippen molar-refractivity contribution in [2.75, 3.05) is 4.90 Å². The van der Waals surface area contributed by atoms with Crippen LogP contribution >= 0.6 is 11.6 Å². The predicted molar refractivity (Wildman–Crippen MR) is 158 cm³/mol.